The van der Waals surface area contributed by atoms with Gasteiger partial charge in [-0.2, -0.15) is 0 Å². The fourth-order valence-corrected chi connectivity index (χ4v) is 5.50. The number of nitrogens with zero attached hydrogens (tertiary/aromatic N) is 6. The minimum absolute atomic E-state index is 0.0457. The number of ether oxygens (including phenoxy) is 1. The topological polar surface area (TPSA) is 102 Å². The van der Waals surface area contributed by atoms with E-state index in [9.17, 15) is 4.79 Å². The van der Waals surface area contributed by atoms with Gasteiger partial charge in [0.25, 0.3) is 5.56 Å². The first-order valence-electron chi connectivity index (χ1n) is 13.7. The molecular weight excluding hydrogens is 502 g/mol. The SMILES string of the molecule is Cc1cc2cc([C@@H](c3nnnn3C[C@@H]3CCCO3)N(Cc3ccccc3)Cc3cccnc3)c(=O)[nH]c2cc1C. The summed E-state index contributed by atoms with van der Waals surface area (Å²) in [5.74, 6) is 0.615. The minimum Gasteiger partial charge on any atom is -0.376 e. The molecule has 204 valence electrons. The van der Waals surface area contributed by atoms with Gasteiger partial charge in [-0.3, -0.25) is 14.7 Å². The summed E-state index contributed by atoms with van der Waals surface area (Å²) in [7, 11) is 0. The van der Waals surface area contributed by atoms with Crippen molar-refractivity contribution in [2.45, 2.75) is 58.5 Å². The molecule has 0 saturated carbocycles. The zero-order valence-corrected chi connectivity index (χ0v) is 22.8. The molecule has 40 heavy (non-hydrogen) atoms. The lowest BCUT2D eigenvalue weighted by molar-refractivity contribution is 0.0903. The number of aromatic nitrogens is 6. The van der Waals surface area contributed by atoms with Crippen molar-refractivity contribution in [1.82, 2.24) is 35.1 Å². The Hall–Kier alpha value is -4.21. The summed E-state index contributed by atoms with van der Waals surface area (Å²) < 4.78 is 7.73. The van der Waals surface area contributed by atoms with E-state index >= 15 is 0 Å². The van der Waals surface area contributed by atoms with Crippen molar-refractivity contribution < 1.29 is 4.74 Å². The smallest absolute Gasteiger partial charge is 0.253 e. The predicted molar refractivity (Wildman–Crippen MR) is 153 cm³/mol. The van der Waals surface area contributed by atoms with Crippen molar-refractivity contribution in [3.8, 4) is 0 Å². The second-order valence-electron chi connectivity index (χ2n) is 10.6. The van der Waals surface area contributed by atoms with E-state index in [1.165, 1.54) is 5.56 Å². The molecule has 0 spiro atoms. The molecule has 0 unspecified atom stereocenters. The van der Waals surface area contributed by atoms with Crippen LogP contribution < -0.4 is 5.56 Å². The van der Waals surface area contributed by atoms with Gasteiger partial charge in [0, 0.05) is 43.2 Å². The second kappa shape index (κ2) is 11.5. The highest BCUT2D eigenvalue weighted by Crippen LogP contribution is 2.31. The maximum absolute atomic E-state index is 13.8. The maximum atomic E-state index is 13.8. The highest BCUT2D eigenvalue weighted by Gasteiger charge is 2.32. The van der Waals surface area contributed by atoms with Crippen molar-refractivity contribution in [1.29, 1.82) is 0 Å². The number of tetrazole rings is 1. The van der Waals surface area contributed by atoms with E-state index in [1.54, 1.807) is 6.20 Å². The number of H-pyrrole nitrogens is 1. The van der Waals surface area contributed by atoms with E-state index in [0.29, 0.717) is 31.0 Å². The minimum atomic E-state index is -0.522. The van der Waals surface area contributed by atoms with Crippen LogP contribution in [0.25, 0.3) is 10.9 Å². The Kier molecular flexibility index (Phi) is 7.48. The third-order valence-electron chi connectivity index (χ3n) is 7.69. The lowest BCUT2D eigenvalue weighted by atomic mass is 9.99. The van der Waals surface area contributed by atoms with Gasteiger partial charge in [0.15, 0.2) is 5.82 Å². The van der Waals surface area contributed by atoms with E-state index in [1.807, 2.05) is 53.3 Å². The molecule has 1 saturated heterocycles. The second-order valence-corrected chi connectivity index (χ2v) is 10.6. The number of hydrogen-bond acceptors (Lipinski definition) is 7. The van der Waals surface area contributed by atoms with Gasteiger partial charge in [0.1, 0.15) is 6.04 Å². The van der Waals surface area contributed by atoms with Gasteiger partial charge >= 0.3 is 0 Å². The number of pyridine rings is 2. The molecule has 1 aliphatic heterocycles. The Bertz CT molecular complexity index is 1600. The zero-order valence-electron chi connectivity index (χ0n) is 22.8. The molecule has 9 nitrogen and oxygen atoms in total. The van der Waals surface area contributed by atoms with E-state index in [4.69, 9.17) is 4.74 Å². The predicted octanol–water partition coefficient (Wildman–Crippen LogP) is 4.50. The van der Waals surface area contributed by atoms with Crippen LogP contribution in [0.5, 0.6) is 0 Å². The fraction of sp³-hybridized carbons (Fsp3) is 0.323. The summed E-state index contributed by atoms with van der Waals surface area (Å²) >= 11 is 0. The number of hydrogen-bond donors (Lipinski definition) is 1. The van der Waals surface area contributed by atoms with E-state index in [2.05, 4.69) is 62.4 Å². The Morgan fingerprint density at radius 1 is 1.05 bits per heavy atom. The van der Waals surface area contributed by atoms with Crippen LogP contribution in [0.2, 0.25) is 0 Å². The van der Waals surface area contributed by atoms with Gasteiger partial charge in [0.05, 0.1) is 12.6 Å². The first kappa shape index (κ1) is 26.0. The number of aryl methyl sites for hydroxylation is 2. The Balaban J connectivity index is 1.51. The van der Waals surface area contributed by atoms with Crippen molar-refractivity contribution >= 4 is 10.9 Å². The molecule has 3 aromatic heterocycles. The van der Waals surface area contributed by atoms with Crippen molar-refractivity contribution in [2.75, 3.05) is 6.61 Å². The van der Waals surface area contributed by atoms with Crippen LogP contribution in [-0.2, 0) is 24.4 Å². The summed E-state index contributed by atoms with van der Waals surface area (Å²) in [5.41, 5.74) is 5.72. The average molecular weight is 536 g/mol. The number of aromatic amines is 1. The average Bonchev–Trinajstić information content (AvgIpc) is 3.64. The quantitative estimate of drug-likeness (QED) is 0.297. The number of fused-ring (bicyclic) bond motifs is 1. The van der Waals surface area contributed by atoms with Gasteiger partial charge in [-0.25, -0.2) is 4.68 Å². The Morgan fingerprint density at radius 3 is 2.62 bits per heavy atom. The first-order valence-corrected chi connectivity index (χ1v) is 13.7. The van der Waals surface area contributed by atoms with E-state index in [-0.39, 0.29) is 11.7 Å². The van der Waals surface area contributed by atoms with Crippen LogP contribution in [0.3, 0.4) is 0 Å². The maximum Gasteiger partial charge on any atom is 0.253 e. The highest BCUT2D eigenvalue weighted by molar-refractivity contribution is 5.81. The molecule has 1 fully saturated rings. The third kappa shape index (κ3) is 5.57. The molecule has 6 rings (SSSR count). The third-order valence-corrected chi connectivity index (χ3v) is 7.69. The lowest BCUT2D eigenvalue weighted by Gasteiger charge is -2.31. The van der Waals surface area contributed by atoms with Gasteiger partial charge in [-0.05, 0) is 89.0 Å². The molecule has 0 bridgehead atoms. The largest absolute Gasteiger partial charge is 0.376 e. The Labute approximate surface area is 232 Å². The van der Waals surface area contributed by atoms with Gasteiger partial charge in [-0.15, -0.1) is 5.10 Å². The molecule has 2 aromatic carbocycles. The zero-order chi connectivity index (χ0) is 27.5. The van der Waals surface area contributed by atoms with Crippen LogP contribution in [-0.4, -0.2) is 47.8 Å². The fourth-order valence-electron chi connectivity index (χ4n) is 5.50. The molecule has 0 amide bonds. The molecule has 1 N–H and O–H groups in total. The van der Waals surface area contributed by atoms with Crippen LogP contribution in [0.1, 0.15) is 52.5 Å². The van der Waals surface area contributed by atoms with Crippen molar-refractivity contribution in [3.05, 3.63) is 117 Å². The first-order chi connectivity index (χ1) is 19.5. The number of rotatable bonds is 9. The lowest BCUT2D eigenvalue weighted by Crippen LogP contribution is -2.35. The van der Waals surface area contributed by atoms with Crippen LogP contribution >= 0.6 is 0 Å². The van der Waals surface area contributed by atoms with Crippen molar-refractivity contribution in [2.24, 2.45) is 0 Å². The summed E-state index contributed by atoms with van der Waals surface area (Å²) in [6.07, 6.45) is 5.66. The normalized spacial score (nSPS) is 16.1. The van der Waals surface area contributed by atoms with Crippen LogP contribution in [0.15, 0.2) is 77.9 Å². The van der Waals surface area contributed by atoms with E-state index < -0.39 is 6.04 Å². The standard InChI is InChI=1S/C31H33N7O2/c1-21-14-25-16-27(31(39)33-28(25)15-22(21)2)29(30-34-35-36-38(30)20-26-11-7-13-40-26)37(18-23-8-4-3-5-9-23)19-24-10-6-12-32-17-24/h3-6,8-10,12,14-17,26,29H,7,11,13,18-20H2,1-2H3,(H,33,39)/t26-,29-/m0/s1. The molecule has 2 atom stereocenters. The summed E-state index contributed by atoms with van der Waals surface area (Å²) in [4.78, 5) is 23.6. The van der Waals surface area contributed by atoms with Gasteiger partial charge < -0.3 is 9.72 Å². The van der Waals surface area contributed by atoms with Gasteiger partial charge in [0.2, 0.25) is 0 Å². The molecular formula is C31H33N7O2. The molecule has 4 heterocycles. The van der Waals surface area contributed by atoms with Gasteiger partial charge in [-0.1, -0.05) is 36.4 Å². The highest BCUT2D eigenvalue weighted by atomic mass is 16.5. The summed E-state index contributed by atoms with van der Waals surface area (Å²) in [5, 5.41) is 13.9. The Morgan fingerprint density at radius 2 is 1.85 bits per heavy atom. The summed E-state index contributed by atoms with van der Waals surface area (Å²) in [6.45, 7) is 6.55. The monoisotopic (exact) mass is 535 g/mol. The van der Waals surface area contributed by atoms with Crippen LogP contribution in [0, 0.1) is 13.8 Å². The molecule has 0 radical (unpaired) electrons. The van der Waals surface area contributed by atoms with Crippen molar-refractivity contribution in [3.63, 3.8) is 0 Å². The van der Waals surface area contributed by atoms with Crippen LogP contribution in [0.4, 0.5) is 0 Å². The number of nitrogens with one attached hydrogen (secondary N) is 1. The summed E-state index contributed by atoms with van der Waals surface area (Å²) in [6, 6.07) is 19.9. The molecule has 9 heteroatoms. The molecule has 0 aliphatic carbocycles. The molecule has 1 aliphatic rings. The number of benzene rings is 2. The molecule has 5 aromatic rings. The van der Waals surface area contributed by atoms with E-state index in [0.717, 1.165) is 47.0 Å².